The molecule has 0 aliphatic heterocycles. The van der Waals surface area contributed by atoms with Crippen LogP contribution in [0.25, 0.3) is 0 Å². The molecule has 1 N–H and O–H groups in total. The molecule has 0 aliphatic rings. The topological polar surface area (TPSA) is 29.1 Å². The van der Waals surface area contributed by atoms with Gasteiger partial charge in [-0.1, -0.05) is 63.8 Å². The third-order valence-corrected chi connectivity index (χ3v) is 3.98. The Balaban J connectivity index is 2.70. The second kappa shape index (κ2) is 9.71. The molecule has 1 unspecified atom stereocenters. The molecular weight excluding hydrogens is 246 g/mol. The van der Waals surface area contributed by atoms with E-state index in [2.05, 4.69) is 25.2 Å². The first-order valence-electron chi connectivity index (χ1n) is 7.98. The van der Waals surface area contributed by atoms with Gasteiger partial charge in [-0.3, -0.25) is 4.79 Å². The van der Waals surface area contributed by atoms with E-state index in [1.54, 1.807) is 0 Å². The van der Waals surface area contributed by atoms with E-state index in [-0.39, 0.29) is 0 Å². The first-order chi connectivity index (χ1) is 9.72. The lowest BCUT2D eigenvalue weighted by molar-refractivity contribution is 0.0956. The van der Waals surface area contributed by atoms with Gasteiger partial charge in [-0.05, 0) is 31.5 Å². The van der Waals surface area contributed by atoms with E-state index < -0.39 is 0 Å². The zero-order valence-corrected chi connectivity index (χ0v) is 13.2. The van der Waals surface area contributed by atoms with Crippen LogP contribution in [0.4, 0.5) is 0 Å². The van der Waals surface area contributed by atoms with Crippen molar-refractivity contribution in [1.29, 1.82) is 0 Å². The predicted molar refractivity (Wildman–Crippen MR) is 86.3 cm³/mol. The zero-order valence-electron chi connectivity index (χ0n) is 13.2. The van der Waals surface area contributed by atoms with Gasteiger partial charge in [0.2, 0.25) is 0 Å². The number of rotatable bonds is 10. The van der Waals surface area contributed by atoms with E-state index in [4.69, 9.17) is 0 Å². The van der Waals surface area contributed by atoms with Crippen LogP contribution in [0.1, 0.15) is 61.9 Å². The summed E-state index contributed by atoms with van der Waals surface area (Å²) in [5.41, 5.74) is 2.11. The van der Waals surface area contributed by atoms with Crippen LogP contribution in [0.15, 0.2) is 24.3 Å². The Labute approximate surface area is 124 Å². The molecule has 0 fully saturated rings. The summed E-state index contributed by atoms with van der Waals surface area (Å²) in [4.78, 5) is 12.5. The van der Waals surface area contributed by atoms with Crippen molar-refractivity contribution in [3.8, 4) is 0 Å². The lowest BCUT2D eigenvalue weighted by Gasteiger charge is -2.15. The van der Waals surface area contributed by atoms with Gasteiger partial charge in [0.25, 0.3) is 0 Å². The SMILES string of the molecule is CCCCC(CC)CC(=O)c1ccccc1CCNC. The summed E-state index contributed by atoms with van der Waals surface area (Å²) >= 11 is 0. The molecule has 1 atom stereocenters. The number of carbonyl (C=O) groups is 1. The van der Waals surface area contributed by atoms with Crippen LogP contribution in [0.5, 0.6) is 0 Å². The van der Waals surface area contributed by atoms with E-state index in [0.717, 1.165) is 24.9 Å². The van der Waals surface area contributed by atoms with Crippen LogP contribution >= 0.6 is 0 Å². The zero-order chi connectivity index (χ0) is 14.8. The van der Waals surface area contributed by atoms with Crippen molar-refractivity contribution in [3.63, 3.8) is 0 Å². The Morgan fingerprint density at radius 2 is 2.00 bits per heavy atom. The first kappa shape index (κ1) is 16.9. The predicted octanol–water partition coefficient (Wildman–Crippen LogP) is 4.24. The third kappa shape index (κ3) is 5.46. The average molecular weight is 275 g/mol. The summed E-state index contributed by atoms with van der Waals surface area (Å²) < 4.78 is 0. The first-order valence-corrected chi connectivity index (χ1v) is 7.98. The molecule has 2 nitrogen and oxygen atoms in total. The van der Waals surface area contributed by atoms with Gasteiger partial charge in [-0.25, -0.2) is 0 Å². The number of Topliss-reactive ketones (excluding diaryl/α,β-unsaturated/α-hetero) is 1. The summed E-state index contributed by atoms with van der Waals surface area (Å²) in [5, 5.41) is 3.15. The molecule has 112 valence electrons. The smallest absolute Gasteiger partial charge is 0.163 e. The Morgan fingerprint density at radius 1 is 1.25 bits per heavy atom. The van der Waals surface area contributed by atoms with Gasteiger partial charge in [0.05, 0.1) is 0 Å². The number of nitrogens with one attached hydrogen (secondary N) is 1. The van der Waals surface area contributed by atoms with Gasteiger partial charge in [-0.15, -0.1) is 0 Å². The minimum atomic E-state index is 0.319. The van der Waals surface area contributed by atoms with E-state index in [0.29, 0.717) is 18.1 Å². The number of benzene rings is 1. The van der Waals surface area contributed by atoms with Gasteiger partial charge in [0.15, 0.2) is 5.78 Å². The van der Waals surface area contributed by atoms with E-state index in [9.17, 15) is 4.79 Å². The fraction of sp³-hybridized carbons (Fsp3) is 0.611. The van der Waals surface area contributed by atoms with Gasteiger partial charge in [-0.2, -0.15) is 0 Å². The van der Waals surface area contributed by atoms with Crippen LogP contribution in [0.3, 0.4) is 0 Å². The molecule has 0 heterocycles. The van der Waals surface area contributed by atoms with Crippen molar-refractivity contribution in [2.24, 2.45) is 5.92 Å². The molecule has 1 aromatic carbocycles. The van der Waals surface area contributed by atoms with Gasteiger partial charge < -0.3 is 5.32 Å². The summed E-state index contributed by atoms with van der Waals surface area (Å²) in [6, 6.07) is 8.07. The molecule has 0 bridgehead atoms. The molecule has 1 aromatic rings. The van der Waals surface area contributed by atoms with Gasteiger partial charge >= 0.3 is 0 Å². The fourth-order valence-corrected chi connectivity index (χ4v) is 2.59. The number of carbonyl (C=O) groups excluding carboxylic acids is 1. The molecule has 0 saturated heterocycles. The van der Waals surface area contributed by atoms with Crippen LogP contribution in [-0.2, 0) is 6.42 Å². The van der Waals surface area contributed by atoms with Crippen molar-refractivity contribution in [2.75, 3.05) is 13.6 Å². The van der Waals surface area contributed by atoms with E-state index in [1.165, 1.54) is 24.8 Å². The van der Waals surface area contributed by atoms with Crippen LogP contribution in [-0.4, -0.2) is 19.4 Å². The Morgan fingerprint density at radius 3 is 2.65 bits per heavy atom. The molecule has 0 aromatic heterocycles. The highest BCUT2D eigenvalue weighted by atomic mass is 16.1. The Bertz CT molecular complexity index is 400. The van der Waals surface area contributed by atoms with Crippen molar-refractivity contribution in [1.82, 2.24) is 5.32 Å². The minimum Gasteiger partial charge on any atom is -0.319 e. The highest BCUT2D eigenvalue weighted by Gasteiger charge is 2.15. The molecule has 0 radical (unpaired) electrons. The summed E-state index contributed by atoms with van der Waals surface area (Å²) in [6.45, 7) is 5.32. The molecule has 1 rings (SSSR count). The van der Waals surface area contributed by atoms with Crippen LogP contribution in [0, 0.1) is 5.92 Å². The molecule has 20 heavy (non-hydrogen) atoms. The quantitative estimate of drug-likeness (QED) is 0.647. The van der Waals surface area contributed by atoms with E-state index >= 15 is 0 Å². The molecule has 0 amide bonds. The lowest BCUT2D eigenvalue weighted by atomic mass is 9.89. The average Bonchev–Trinajstić information content (AvgIpc) is 2.49. The van der Waals surface area contributed by atoms with Crippen molar-refractivity contribution in [2.45, 2.75) is 52.4 Å². The van der Waals surface area contributed by atoms with Crippen LogP contribution in [0.2, 0.25) is 0 Å². The highest BCUT2D eigenvalue weighted by molar-refractivity contribution is 5.97. The molecule has 2 heteroatoms. The summed E-state index contributed by atoms with van der Waals surface area (Å²) in [5.74, 6) is 0.861. The number of hydrogen-bond donors (Lipinski definition) is 1. The van der Waals surface area contributed by atoms with Crippen molar-refractivity contribution >= 4 is 5.78 Å². The van der Waals surface area contributed by atoms with E-state index in [1.807, 2.05) is 25.2 Å². The largest absolute Gasteiger partial charge is 0.319 e. The van der Waals surface area contributed by atoms with Crippen molar-refractivity contribution < 1.29 is 4.79 Å². The molecular formula is C18H29NO. The second-order valence-corrected chi connectivity index (χ2v) is 5.55. The standard InChI is InChI=1S/C18H29NO/c1-4-6-9-15(5-2)14-18(20)17-11-8-7-10-16(17)12-13-19-3/h7-8,10-11,15,19H,4-6,9,12-14H2,1-3H3. The normalized spacial score (nSPS) is 12.3. The van der Waals surface area contributed by atoms with Crippen molar-refractivity contribution in [3.05, 3.63) is 35.4 Å². The fourth-order valence-electron chi connectivity index (χ4n) is 2.59. The number of unbranched alkanes of at least 4 members (excludes halogenated alkanes) is 1. The molecule has 0 aliphatic carbocycles. The number of hydrogen-bond acceptors (Lipinski definition) is 2. The third-order valence-electron chi connectivity index (χ3n) is 3.98. The Hall–Kier alpha value is -1.15. The maximum atomic E-state index is 12.5. The number of ketones is 1. The monoisotopic (exact) mass is 275 g/mol. The summed E-state index contributed by atoms with van der Waals surface area (Å²) in [6.07, 6.45) is 6.34. The molecule has 0 saturated carbocycles. The minimum absolute atomic E-state index is 0.319. The van der Waals surface area contributed by atoms with Crippen LogP contribution < -0.4 is 5.32 Å². The number of likely N-dealkylation sites (N-methyl/N-ethyl adjacent to an activating group) is 1. The Kier molecular flexibility index (Phi) is 8.20. The second-order valence-electron chi connectivity index (χ2n) is 5.55. The maximum Gasteiger partial charge on any atom is 0.163 e. The summed E-state index contributed by atoms with van der Waals surface area (Å²) in [7, 11) is 1.95. The lowest BCUT2D eigenvalue weighted by Crippen LogP contribution is -2.14. The van der Waals surface area contributed by atoms with Gasteiger partial charge in [0.1, 0.15) is 0 Å². The highest BCUT2D eigenvalue weighted by Crippen LogP contribution is 2.21. The molecule has 0 spiro atoms. The van der Waals surface area contributed by atoms with Gasteiger partial charge in [0, 0.05) is 12.0 Å². The maximum absolute atomic E-state index is 12.5.